The quantitative estimate of drug-likeness (QED) is 0.646. The highest BCUT2D eigenvalue weighted by Gasteiger charge is 2.19. The molecule has 7 heteroatoms. The lowest BCUT2D eigenvalue weighted by atomic mass is 10.00. The second-order valence-electron chi connectivity index (χ2n) is 8.06. The number of aliphatic hydroxyl groups excluding tert-OH is 1. The van der Waals surface area contributed by atoms with E-state index in [2.05, 4.69) is 44.8 Å². The van der Waals surface area contributed by atoms with Gasteiger partial charge in [0.15, 0.2) is 0 Å². The lowest BCUT2D eigenvalue weighted by Crippen LogP contribution is -2.42. The van der Waals surface area contributed by atoms with E-state index in [1.807, 2.05) is 12.1 Å². The van der Waals surface area contributed by atoms with E-state index in [1.54, 1.807) is 6.07 Å². The number of carbonyl (C=O) groups excluding carboxylic acids is 1. The SMILES string of the molecule is O=C(NCC(O)CN1CCc2ccccc2C1)c1cccc(NC2CCOCC2)n1. The summed E-state index contributed by atoms with van der Waals surface area (Å²) in [4.78, 5) is 19.2. The Balaban J connectivity index is 1.24. The van der Waals surface area contributed by atoms with Gasteiger partial charge < -0.3 is 20.5 Å². The van der Waals surface area contributed by atoms with Crippen molar-refractivity contribution in [1.82, 2.24) is 15.2 Å². The zero-order valence-corrected chi connectivity index (χ0v) is 17.2. The van der Waals surface area contributed by atoms with Gasteiger partial charge in [0.25, 0.3) is 5.91 Å². The van der Waals surface area contributed by atoms with E-state index < -0.39 is 6.10 Å². The van der Waals surface area contributed by atoms with Crippen LogP contribution in [0.2, 0.25) is 0 Å². The van der Waals surface area contributed by atoms with Crippen molar-refractivity contribution in [2.75, 3.05) is 38.2 Å². The Kier molecular flexibility index (Phi) is 6.94. The van der Waals surface area contributed by atoms with E-state index in [4.69, 9.17) is 4.74 Å². The molecule has 0 saturated carbocycles. The zero-order chi connectivity index (χ0) is 20.8. The lowest BCUT2D eigenvalue weighted by Gasteiger charge is -2.30. The van der Waals surface area contributed by atoms with Gasteiger partial charge in [0, 0.05) is 45.4 Å². The van der Waals surface area contributed by atoms with Gasteiger partial charge in [-0.2, -0.15) is 0 Å². The highest BCUT2D eigenvalue weighted by atomic mass is 16.5. The Morgan fingerprint density at radius 3 is 2.80 bits per heavy atom. The number of fused-ring (bicyclic) bond motifs is 1. The molecule has 1 unspecified atom stereocenters. The van der Waals surface area contributed by atoms with Gasteiger partial charge in [0.05, 0.1) is 6.10 Å². The standard InChI is InChI=1S/C23H30N4O3/c28-20(16-27-11-8-17-4-1-2-5-18(17)15-27)14-24-23(29)21-6-3-7-22(26-21)25-19-9-12-30-13-10-19/h1-7,19-20,28H,8-16H2,(H,24,29)(H,25,26). The molecular formula is C23H30N4O3. The smallest absolute Gasteiger partial charge is 0.270 e. The molecule has 3 N–H and O–H groups in total. The number of aromatic nitrogens is 1. The molecule has 0 radical (unpaired) electrons. The largest absolute Gasteiger partial charge is 0.390 e. The van der Waals surface area contributed by atoms with Gasteiger partial charge >= 0.3 is 0 Å². The Morgan fingerprint density at radius 2 is 1.97 bits per heavy atom. The fraction of sp³-hybridized carbons (Fsp3) is 0.478. The van der Waals surface area contributed by atoms with Crippen LogP contribution in [0.15, 0.2) is 42.5 Å². The lowest BCUT2D eigenvalue weighted by molar-refractivity contribution is 0.0837. The first-order chi connectivity index (χ1) is 14.7. The van der Waals surface area contributed by atoms with Gasteiger partial charge in [-0.15, -0.1) is 0 Å². The summed E-state index contributed by atoms with van der Waals surface area (Å²) < 4.78 is 5.37. The summed E-state index contributed by atoms with van der Waals surface area (Å²) in [5, 5.41) is 16.6. The number of benzene rings is 1. The number of anilines is 1. The monoisotopic (exact) mass is 410 g/mol. The van der Waals surface area contributed by atoms with Crippen LogP contribution >= 0.6 is 0 Å². The van der Waals surface area contributed by atoms with Crippen molar-refractivity contribution in [2.24, 2.45) is 0 Å². The topological polar surface area (TPSA) is 86.7 Å². The summed E-state index contributed by atoms with van der Waals surface area (Å²) >= 11 is 0. The molecule has 7 nitrogen and oxygen atoms in total. The highest BCUT2D eigenvalue weighted by molar-refractivity contribution is 5.92. The molecule has 4 rings (SSSR count). The van der Waals surface area contributed by atoms with Crippen LogP contribution in [-0.2, 0) is 17.7 Å². The maximum absolute atomic E-state index is 12.5. The van der Waals surface area contributed by atoms with Crippen molar-refractivity contribution in [3.8, 4) is 0 Å². The van der Waals surface area contributed by atoms with E-state index in [9.17, 15) is 9.90 Å². The third-order valence-corrected chi connectivity index (χ3v) is 5.73. The summed E-state index contributed by atoms with van der Waals surface area (Å²) in [6.45, 7) is 3.99. The minimum absolute atomic E-state index is 0.205. The first-order valence-electron chi connectivity index (χ1n) is 10.7. The number of pyridine rings is 1. The van der Waals surface area contributed by atoms with Crippen LogP contribution in [0.25, 0.3) is 0 Å². The van der Waals surface area contributed by atoms with Crippen molar-refractivity contribution in [1.29, 1.82) is 0 Å². The molecule has 0 spiro atoms. The van der Waals surface area contributed by atoms with Gasteiger partial charge in [0.1, 0.15) is 11.5 Å². The van der Waals surface area contributed by atoms with E-state index in [0.717, 1.165) is 45.6 Å². The maximum atomic E-state index is 12.5. The summed E-state index contributed by atoms with van der Waals surface area (Å²) in [7, 11) is 0. The molecule has 1 aromatic carbocycles. The van der Waals surface area contributed by atoms with Crippen LogP contribution in [0.5, 0.6) is 0 Å². The Morgan fingerprint density at radius 1 is 1.17 bits per heavy atom. The first-order valence-corrected chi connectivity index (χ1v) is 10.7. The van der Waals surface area contributed by atoms with Crippen molar-refractivity contribution in [2.45, 2.75) is 38.0 Å². The highest BCUT2D eigenvalue weighted by Crippen LogP contribution is 2.18. The van der Waals surface area contributed by atoms with Gasteiger partial charge in [-0.3, -0.25) is 9.69 Å². The summed E-state index contributed by atoms with van der Waals surface area (Å²) in [5.74, 6) is 0.427. The molecule has 3 heterocycles. The number of hydrogen-bond donors (Lipinski definition) is 3. The molecule has 0 aliphatic carbocycles. The second kappa shape index (κ2) is 10.0. The number of β-amino-alcohol motifs (C(OH)–C–C–N with tert-alkyl or cyclic N) is 1. The zero-order valence-electron chi connectivity index (χ0n) is 17.2. The van der Waals surface area contributed by atoms with Crippen molar-refractivity contribution in [3.05, 3.63) is 59.3 Å². The van der Waals surface area contributed by atoms with Crippen molar-refractivity contribution < 1.29 is 14.6 Å². The average molecular weight is 411 g/mol. The number of carbonyl (C=O) groups is 1. The van der Waals surface area contributed by atoms with Crippen LogP contribution in [0.1, 0.15) is 34.5 Å². The molecule has 1 fully saturated rings. The number of aliphatic hydroxyl groups is 1. The van der Waals surface area contributed by atoms with E-state index >= 15 is 0 Å². The summed E-state index contributed by atoms with van der Waals surface area (Å²) in [6.07, 6.45) is 2.24. The number of hydrogen-bond acceptors (Lipinski definition) is 6. The molecule has 1 amide bonds. The van der Waals surface area contributed by atoms with Crippen LogP contribution in [0, 0.1) is 0 Å². The predicted octanol–water partition coefficient (Wildman–Crippen LogP) is 1.82. The molecule has 1 saturated heterocycles. The molecule has 2 aliphatic heterocycles. The number of nitrogens with one attached hydrogen (secondary N) is 2. The molecule has 1 atom stereocenters. The molecule has 1 aromatic heterocycles. The summed E-state index contributed by atoms with van der Waals surface area (Å²) in [5.41, 5.74) is 3.06. The van der Waals surface area contributed by atoms with Gasteiger partial charge in [-0.25, -0.2) is 4.98 Å². The first kappa shape index (κ1) is 20.8. The minimum Gasteiger partial charge on any atom is -0.390 e. The van der Waals surface area contributed by atoms with Crippen LogP contribution in [-0.4, -0.2) is 65.9 Å². The van der Waals surface area contributed by atoms with Crippen molar-refractivity contribution >= 4 is 11.7 Å². The number of ether oxygens (including phenoxy) is 1. The molecule has 30 heavy (non-hydrogen) atoms. The molecular weight excluding hydrogens is 380 g/mol. The minimum atomic E-state index is -0.622. The number of rotatable bonds is 7. The van der Waals surface area contributed by atoms with Crippen LogP contribution < -0.4 is 10.6 Å². The van der Waals surface area contributed by atoms with E-state index in [-0.39, 0.29) is 12.5 Å². The third-order valence-electron chi connectivity index (χ3n) is 5.73. The van der Waals surface area contributed by atoms with E-state index in [1.165, 1.54) is 11.1 Å². The molecule has 2 aliphatic rings. The molecule has 0 bridgehead atoms. The van der Waals surface area contributed by atoms with Gasteiger partial charge in [-0.1, -0.05) is 30.3 Å². The molecule has 2 aromatic rings. The normalized spacial score (nSPS) is 18.4. The Bertz CT molecular complexity index is 854. The predicted molar refractivity (Wildman–Crippen MR) is 115 cm³/mol. The maximum Gasteiger partial charge on any atom is 0.270 e. The van der Waals surface area contributed by atoms with Crippen molar-refractivity contribution in [3.63, 3.8) is 0 Å². The fourth-order valence-corrected chi connectivity index (χ4v) is 4.07. The Hall–Kier alpha value is -2.48. The van der Waals surface area contributed by atoms with Gasteiger partial charge in [0.2, 0.25) is 0 Å². The third kappa shape index (κ3) is 5.56. The average Bonchev–Trinajstić information content (AvgIpc) is 2.78. The number of nitrogens with zero attached hydrogens (tertiary/aromatic N) is 2. The van der Waals surface area contributed by atoms with Gasteiger partial charge in [-0.05, 0) is 42.5 Å². The summed E-state index contributed by atoms with van der Waals surface area (Å²) in [6, 6.07) is 14.1. The molecule has 160 valence electrons. The Labute approximate surface area is 177 Å². The fourth-order valence-electron chi connectivity index (χ4n) is 4.07. The van der Waals surface area contributed by atoms with Crippen LogP contribution in [0.3, 0.4) is 0 Å². The van der Waals surface area contributed by atoms with E-state index in [0.29, 0.717) is 24.1 Å². The second-order valence-corrected chi connectivity index (χ2v) is 8.06. The van der Waals surface area contributed by atoms with Crippen LogP contribution in [0.4, 0.5) is 5.82 Å². The number of amides is 1.